The fourth-order valence-corrected chi connectivity index (χ4v) is 7.40. The molecule has 0 spiro atoms. The molecule has 0 aliphatic carbocycles. The van der Waals surface area contributed by atoms with Crippen LogP contribution in [0, 0.1) is 5.82 Å². The summed E-state index contributed by atoms with van der Waals surface area (Å²) >= 11 is 7.97. The molecular formula is C22H20ClFN6O2S2. The number of sulfonamides is 1. The van der Waals surface area contributed by atoms with Crippen LogP contribution in [-0.4, -0.2) is 46.2 Å². The number of nitrogens with zero attached hydrogens (tertiary/aromatic N) is 5. The molecule has 2 N–H and O–H groups in total. The Morgan fingerprint density at radius 3 is 2.65 bits per heavy atom. The fraction of sp³-hybridized carbons (Fsp3) is 0.227. The van der Waals surface area contributed by atoms with Crippen LogP contribution in [0.2, 0.25) is 5.02 Å². The van der Waals surface area contributed by atoms with E-state index in [1.54, 1.807) is 49.4 Å². The minimum absolute atomic E-state index is 0.113. The normalized spacial score (nSPS) is 20.0. The molecule has 12 heteroatoms. The van der Waals surface area contributed by atoms with E-state index in [-0.39, 0.29) is 11.7 Å². The van der Waals surface area contributed by atoms with E-state index >= 15 is 4.39 Å². The third-order valence-electron chi connectivity index (χ3n) is 5.86. The van der Waals surface area contributed by atoms with Gasteiger partial charge in [0.15, 0.2) is 0 Å². The van der Waals surface area contributed by atoms with Crippen molar-refractivity contribution in [2.75, 3.05) is 12.8 Å². The first kappa shape index (κ1) is 22.8. The number of guanidine groups is 1. The molecule has 0 radical (unpaired) electrons. The number of nitrogens with two attached hydrogens (primary N) is 1. The number of pyridine rings is 1. The van der Waals surface area contributed by atoms with Gasteiger partial charge in [-0.2, -0.15) is 5.10 Å². The van der Waals surface area contributed by atoms with Gasteiger partial charge in [0.2, 0.25) is 16.0 Å². The van der Waals surface area contributed by atoms with Crippen molar-refractivity contribution in [2.45, 2.75) is 12.5 Å². The summed E-state index contributed by atoms with van der Waals surface area (Å²) in [7, 11) is -0.518. The molecule has 8 nitrogen and oxygen atoms in total. The second-order valence-electron chi connectivity index (χ2n) is 8.35. The molecule has 4 heterocycles. The monoisotopic (exact) mass is 518 g/mol. The lowest BCUT2D eigenvalue weighted by molar-refractivity contribution is 0.482. The van der Waals surface area contributed by atoms with Crippen molar-refractivity contribution in [1.29, 1.82) is 0 Å². The van der Waals surface area contributed by atoms with Crippen molar-refractivity contribution in [2.24, 2.45) is 17.8 Å². The van der Waals surface area contributed by atoms with Crippen LogP contribution in [0.4, 0.5) is 4.39 Å². The quantitative estimate of drug-likeness (QED) is 0.442. The molecule has 1 atom stereocenters. The SMILES string of the molecule is CN1C(N)=NC(C)(c2sc3c(-c4ccc(-c5cnn(C)c5)cc4F)nccc3c2Cl)CS1(=O)=O. The third-order valence-corrected chi connectivity index (χ3v) is 9.78. The maximum atomic E-state index is 15.3. The Morgan fingerprint density at radius 2 is 2.00 bits per heavy atom. The number of halogens is 2. The largest absolute Gasteiger partial charge is 0.369 e. The lowest BCUT2D eigenvalue weighted by Crippen LogP contribution is -2.50. The zero-order valence-electron chi connectivity index (χ0n) is 18.5. The highest BCUT2D eigenvalue weighted by Gasteiger charge is 2.43. The molecule has 4 aromatic rings. The molecule has 0 amide bonds. The van der Waals surface area contributed by atoms with Crippen LogP contribution < -0.4 is 5.73 Å². The van der Waals surface area contributed by atoms with Crippen molar-refractivity contribution in [3.05, 3.63) is 58.6 Å². The van der Waals surface area contributed by atoms with Crippen LogP contribution in [0.15, 0.2) is 47.8 Å². The van der Waals surface area contributed by atoms with Gasteiger partial charge >= 0.3 is 0 Å². The Kier molecular flexibility index (Phi) is 5.19. The molecule has 0 bridgehead atoms. The van der Waals surface area contributed by atoms with Gasteiger partial charge in [-0.05, 0) is 30.7 Å². The predicted octanol–water partition coefficient (Wildman–Crippen LogP) is 3.96. The van der Waals surface area contributed by atoms with Gasteiger partial charge in [-0.15, -0.1) is 11.3 Å². The number of fused-ring (bicyclic) bond motifs is 1. The Balaban J connectivity index is 1.65. The molecule has 0 saturated heterocycles. The van der Waals surface area contributed by atoms with Crippen molar-refractivity contribution in [3.63, 3.8) is 0 Å². The molecule has 34 heavy (non-hydrogen) atoms. The summed E-state index contributed by atoms with van der Waals surface area (Å²) in [4.78, 5) is 9.41. The number of aromatic nitrogens is 3. The third kappa shape index (κ3) is 3.55. The number of aliphatic imine (C=N–C) groups is 1. The molecule has 1 aliphatic rings. The summed E-state index contributed by atoms with van der Waals surface area (Å²) in [5.74, 6) is -0.846. The van der Waals surface area contributed by atoms with E-state index in [4.69, 9.17) is 17.3 Å². The summed E-state index contributed by atoms with van der Waals surface area (Å²) in [6, 6.07) is 6.65. The van der Waals surface area contributed by atoms with Crippen LogP contribution >= 0.6 is 22.9 Å². The first-order valence-corrected chi connectivity index (χ1v) is 13.0. The number of aryl methyl sites for hydroxylation is 1. The predicted molar refractivity (Wildman–Crippen MR) is 133 cm³/mol. The topological polar surface area (TPSA) is 106 Å². The average Bonchev–Trinajstić information content (AvgIpc) is 3.36. The maximum Gasteiger partial charge on any atom is 0.239 e. The summed E-state index contributed by atoms with van der Waals surface area (Å²) in [5, 5.41) is 5.13. The molecule has 0 saturated carbocycles. The van der Waals surface area contributed by atoms with Crippen LogP contribution in [0.3, 0.4) is 0 Å². The van der Waals surface area contributed by atoms with Gasteiger partial charge in [0.25, 0.3) is 0 Å². The van der Waals surface area contributed by atoms with Gasteiger partial charge in [0, 0.05) is 43.0 Å². The lowest BCUT2D eigenvalue weighted by atomic mass is 10.0. The Bertz CT molecular complexity index is 1600. The van der Waals surface area contributed by atoms with Crippen LogP contribution in [0.5, 0.6) is 0 Å². The Morgan fingerprint density at radius 1 is 1.24 bits per heavy atom. The number of thiophene rings is 1. The first-order valence-electron chi connectivity index (χ1n) is 10.2. The van der Waals surface area contributed by atoms with E-state index in [2.05, 4.69) is 15.1 Å². The van der Waals surface area contributed by atoms with Gasteiger partial charge in [-0.25, -0.2) is 22.1 Å². The molecule has 1 aromatic carbocycles. The van der Waals surface area contributed by atoms with Gasteiger partial charge in [-0.3, -0.25) is 9.67 Å². The van der Waals surface area contributed by atoms with Gasteiger partial charge in [0.05, 0.1) is 32.2 Å². The van der Waals surface area contributed by atoms with E-state index in [0.29, 0.717) is 36.8 Å². The highest BCUT2D eigenvalue weighted by molar-refractivity contribution is 7.89. The van der Waals surface area contributed by atoms with Crippen molar-refractivity contribution < 1.29 is 12.8 Å². The second-order valence-corrected chi connectivity index (χ2v) is 11.7. The van der Waals surface area contributed by atoms with Crippen LogP contribution in [0.1, 0.15) is 11.8 Å². The number of hydrogen-bond donors (Lipinski definition) is 1. The number of benzene rings is 1. The minimum atomic E-state index is -3.68. The first-order chi connectivity index (χ1) is 16.0. The highest BCUT2D eigenvalue weighted by atomic mass is 35.5. The summed E-state index contributed by atoms with van der Waals surface area (Å²) in [5.41, 5.74) is 6.95. The van der Waals surface area contributed by atoms with Crippen molar-refractivity contribution in [1.82, 2.24) is 19.1 Å². The van der Waals surface area contributed by atoms with Crippen molar-refractivity contribution in [3.8, 4) is 22.4 Å². The van der Waals surface area contributed by atoms with Crippen molar-refractivity contribution >= 4 is 49.0 Å². The second kappa shape index (κ2) is 7.76. The molecule has 3 aromatic heterocycles. The molecular weight excluding hydrogens is 499 g/mol. The number of rotatable bonds is 3. The maximum absolute atomic E-state index is 15.3. The summed E-state index contributed by atoms with van der Waals surface area (Å²) in [6.07, 6.45) is 5.03. The van der Waals surface area contributed by atoms with Gasteiger partial charge in [-0.1, -0.05) is 17.7 Å². The Labute approximate surface area is 204 Å². The summed E-state index contributed by atoms with van der Waals surface area (Å²) in [6.45, 7) is 1.68. The Hall–Kier alpha value is -3.02. The number of hydrogen-bond acceptors (Lipinski definition) is 7. The molecule has 5 rings (SSSR count). The fourth-order valence-electron chi connectivity index (χ4n) is 4.06. The molecule has 1 aliphatic heterocycles. The zero-order chi connectivity index (χ0) is 24.4. The molecule has 0 fully saturated rings. The van der Waals surface area contributed by atoms with Crippen LogP contribution in [0.25, 0.3) is 32.5 Å². The standard InChI is InChI=1S/C22H20ClFN6O2S2/c1-22(11-34(31,32)30(3)21(25)28-22)20-17(23)15-6-7-26-18(19(15)33-20)14-5-4-12(8-16(14)24)13-9-27-29(2)10-13/h4-10H,11H2,1-3H3,(H2,25,28). The van der Waals surface area contributed by atoms with Gasteiger partial charge < -0.3 is 5.73 Å². The highest BCUT2D eigenvalue weighted by Crippen LogP contribution is 2.47. The smallest absolute Gasteiger partial charge is 0.239 e. The molecule has 1 unspecified atom stereocenters. The average molecular weight is 519 g/mol. The lowest BCUT2D eigenvalue weighted by Gasteiger charge is -2.33. The van der Waals surface area contributed by atoms with E-state index in [1.165, 1.54) is 24.5 Å². The van der Waals surface area contributed by atoms with E-state index in [0.717, 1.165) is 9.87 Å². The van der Waals surface area contributed by atoms with Gasteiger partial charge in [0.1, 0.15) is 11.4 Å². The minimum Gasteiger partial charge on any atom is -0.369 e. The van der Waals surface area contributed by atoms with Crippen LogP contribution in [-0.2, 0) is 22.6 Å². The molecule has 176 valence electrons. The zero-order valence-corrected chi connectivity index (χ0v) is 20.8. The van der Waals surface area contributed by atoms with E-state index in [1.807, 2.05) is 6.07 Å². The van der Waals surface area contributed by atoms with E-state index < -0.39 is 21.4 Å². The summed E-state index contributed by atoms with van der Waals surface area (Å²) < 4.78 is 43.8. The van der Waals surface area contributed by atoms with E-state index in [9.17, 15) is 8.42 Å².